The summed E-state index contributed by atoms with van der Waals surface area (Å²) in [6, 6.07) is 11.5. The normalized spacial score (nSPS) is 17.2. The number of nitrogens with zero attached hydrogens (tertiary/aromatic N) is 4. The zero-order chi connectivity index (χ0) is 15.3. The van der Waals surface area contributed by atoms with Crippen LogP contribution < -0.4 is 4.90 Å². The fourth-order valence-electron chi connectivity index (χ4n) is 3.50. The Kier molecular flexibility index (Phi) is 2.93. The predicted molar refractivity (Wildman–Crippen MR) is 89.0 cm³/mol. The van der Waals surface area contributed by atoms with E-state index in [-0.39, 0.29) is 0 Å². The van der Waals surface area contributed by atoms with E-state index in [4.69, 9.17) is 0 Å². The molecule has 1 aromatic carbocycles. The number of hydrogen-bond acceptors (Lipinski definition) is 3. The first kappa shape index (κ1) is 13.3. The molecule has 1 aliphatic heterocycles. The average Bonchev–Trinajstić information content (AvgIpc) is 2.97. The van der Waals surface area contributed by atoms with Gasteiger partial charge in [0.1, 0.15) is 0 Å². The number of benzene rings is 1. The van der Waals surface area contributed by atoms with Crippen molar-refractivity contribution in [3.63, 3.8) is 0 Å². The second kappa shape index (κ2) is 4.83. The van der Waals surface area contributed by atoms with Crippen LogP contribution in [-0.4, -0.2) is 20.8 Å². The van der Waals surface area contributed by atoms with Crippen molar-refractivity contribution in [3.05, 3.63) is 53.3 Å². The molecule has 3 aromatic rings. The first-order valence-corrected chi connectivity index (χ1v) is 7.76. The minimum absolute atomic E-state index is 0.531. The molecule has 0 amide bonds. The molecule has 1 atom stereocenters. The Labute approximate surface area is 130 Å². The Morgan fingerprint density at radius 3 is 2.95 bits per heavy atom. The second-order valence-corrected chi connectivity index (χ2v) is 6.23. The summed E-state index contributed by atoms with van der Waals surface area (Å²) in [5.74, 6) is 0. The molecular formula is C18H20N4. The SMILES string of the molecule is Cc1nn(C)c2ncc(CN3c4ccccc4CC3C)cc12. The Morgan fingerprint density at radius 1 is 1.27 bits per heavy atom. The Hall–Kier alpha value is -2.36. The van der Waals surface area contributed by atoms with Crippen molar-refractivity contribution in [3.8, 4) is 0 Å². The Morgan fingerprint density at radius 2 is 2.09 bits per heavy atom. The molecule has 0 spiro atoms. The highest BCUT2D eigenvalue weighted by atomic mass is 15.3. The molecule has 1 unspecified atom stereocenters. The molecule has 0 N–H and O–H groups in total. The highest BCUT2D eigenvalue weighted by molar-refractivity contribution is 5.78. The van der Waals surface area contributed by atoms with E-state index in [9.17, 15) is 0 Å². The van der Waals surface area contributed by atoms with Gasteiger partial charge < -0.3 is 4.90 Å². The van der Waals surface area contributed by atoms with E-state index in [1.54, 1.807) is 0 Å². The van der Waals surface area contributed by atoms with Gasteiger partial charge in [0.15, 0.2) is 5.65 Å². The number of rotatable bonds is 2. The van der Waals surface area contributed by atoms with E-state index < -0.39 is 0 Å². The van der Waals surface area contributed by atoms with E-state index in [1.165, 1.54) is 16.8 Å². The highest BCUT2D eigenvalue weighted by Crippen LogP contribution is 2.33. The summed E-state index contributed by atoms with van der Waals surface area (Å²) in [7, 11) is 1.95. The van der Waals surface area contributed by atoms with Crippen LogP contribution in [-0.2, 0) is 20.0 Å². The average molecular weight is 292 g/mol. The number of hydrogen-bond donors (Lipinski definition) is 0. The Balaban J connectivity index is 1.70. The summed E-state index contributed by atoms with van der Waals surface area (Å²) >= 11 is 0. The molecule has 1 aliphatic rings. The van der Waals surface area contributed by atoms with Gasteiger partial charge >= 0.3 is 0 Å². The van der Waals surface area contributed by atoms with Gasteiger partial charge in [0.25, 0.3) is 0 Å². The lowest BCUT2D eigenvalue weighted by molar-refractivity contribution is 0.671. The highest BCUT2D eigenvalue weighted by Gasteiger charge is 2.25. The van der Waals surface area contributed by atoms with Crippen molar-refractivity contribution in [2.75, 3.05) is 4.90 Å². The standard InChI is InChI=1S/C18H20N4/c1-12-8-15-6-4-5-7-17(15)22(12)11-14-9-16-13(2)20-21(3)18(16)19-10-14/h4-7,9-10,12H,8,11H2,1-3H3. The fraction of sp³-hybridized carbons (Fsp3) is 0.333. The van der Waals surface area contributed by atoms with Gasteiger partial charge in [0.05, 0.1) is 5.69 Å². The number of anilines is 1. The lowest BCUT2D eigenvalue weighted by atomic mass is 10.1. The molecule has 22 heavy (non-hydrogen) atoms. The van der Waals surface area contributed by atoms with Crippen LogP contribution in [0, 0.1) is 6.92 Å². The van der Waals surface area contributed by atoms with Crippen molar-refractivity contribution in [1.29, 1.82) is 0 Å². The summed E-state index contributed by atoms with van der Waals surface area (Å²) in [5.41, 5.74) is 6.05. The third kappa shape index (κ3) is 1.98. The van der Waals surface area contributed by atoms with Crippen LogP contribution in [0.5, 0.6) is 0 Å². The number of fused-ring (bicyclic) bond motifs is 2. The molecule has 0 aliphatic carbocycles. The number of para-hydroxylation sites is 1. The van der Waals surface area contributed by atoms with Crippen molar-refractivity contribution in [2.24, 2.45) is 7.05 Å². The smallest absolute Gasteiger partial charge is 0.157 e. The molecular weight excluding hydrogens is 272 g/mol. The van der Waals surface area contributed by atoms with Crippen LogP contribution in [0.4, 0.5) is 5.69 Å². The molecule has 0 fully saturated rings. The number of pyridine rings is 1. The van der Waals surface area contributed by atoms with Crippen LogP contribution in [0.3, 0.4) is 0 Å². The molecule has 4 rings (SSSR count). The molecule has 4 nitrogen and oxygen atoms in total. The largest absolute Gasteiger partial charge is 0.364 e. The molecule has 0 bridgehead atoms. The van der Waals surface area contributed by atoms with E-state index in [0.29, 0.717) is 6.04 Å². The topological polar surface area (TPSA) is 34.0 Å². The molecule has 0 radical (unpaired) electrons. The molecule has 2 aromatic heterocycles. The lowest BCUT2D eigenvalue weighted by Gasteiger charge is -2.24. The number of aryl methyl sites for hydroxylation is 2. The maximum absolute atomic E-state index is 4.60. The van der Waals surface area contributed by atoms with Crippen molar-refractivity contribution in [2.45, 2.75) is 32.9 Å². The molecule has 4 heteroatoms. The zero-order valence-electron chi connectivity index (χ0n) is 13.2. The van der Waals surface area contributed by atoms with E-state index >= 15 is 0 Å². The van der Waals surface area contributed by atoms with Gasteiger partial charge in [-0.3, -0.25) is 4.68 Å². The van der Waals surface area contributed by atoms with E-state index in [0.717, 1.165) is 29.7 Å². The van der Waals surface area contributed by atoms with Gasteiger partial charge in [-0.15, -0.1) is 0 Å². The first-order chi connectivity index (χ1) is 10.6. The number of aromatic nitrogens is 3. The summed E-state index contributed by atoms with van der Waals surface area (Å²) in [4.78, 5) is 7.07. The molecule has 0 saturated carbocycles. The van der Waals surface area contributed by atoms with Crippen molar-refractivity contribution in [1.82, 2.24) is 14.8 Å². The first-order valence-electron chi connectivity index (χ1n) is 7.76. The van der Waals surface area contributed by atoms with Gasteiger partial charge in [0.2, 0.25) is 0 Å². The third-order valence-corrected chi connectivity index (χ3v) is 4.62. The van der Waals surface area contributed by atoms with Crippen molar-refractivity contribution >= 4 is 16.7 Å². The monoisotopic (exact) mass is 292 g/mol. The van der Waals surface area contributed by atoms with Crippen LogP contribution in [0.25, 0.3) is 11.0 Å². The molecule has 0 saturated heterocycles. The Bertz CT molecular complexity index is 849. The lowest BCUT2D eigenvalue weighted by Crippen LogP contribution is -2.28. The van der Waals surface area contributed by atoms with Crippen LogP contribution in [0.2, 0.25) is 0 Å². The van der Waals surface area contributed by atoms with Gasteiger partial charge in [-0.25, -0.2) is 4.98 Å². The zero-order valence-corrected chi connectivity index (χ0v) is 13.2. The summed E-state index contributed by atoms with van der Waals surface area (Å²) in [6.45, 7) is 5.23. The summed E-state index contributed by atoms with van der Waals surface area (Å²) in [5, 5.41) is 5.61. The van der Waals surface area contributed by atoms with Gasteiger partial charge in [-0.05, 0) is 43.5 Å². The summed E-state index contributed by atoms with van der Waals surface area (Å²) in [6.07, 6.45) is 3.11. The van der Waals surface area contributed by atoms with Crippen LogP contribution in [0.15, 0.2) is 36.5 Å². The third-order valence-electron chi connectivity index (χ3n) is 4.62. The van der Waals surface area contributed by atoms with Crippen LogP contribution in [0.1, 0.15) is 23.7 Å². The quantitative estimate of drug-likeness (QED) is 0.727. The van der Waals surface area contributed by atoms with Gasteiger partial charge in [0, 0.05) is 36.9 Å². The maximum atomic E-state index is 4.60. The van der Waals surface area contributed by atoms with E-state index in [1.807, 2.05) is 24.9 Å². The molecule has 112 valence electrons. The minimum atomic E-state index is 0.531. The van der Waals surface area contributed by atoms with Gasteiger partial charge in [-0.1, -0.05) is 18.2 Å². The van der Waals surface area contributed by atoms with E-state index in [2.05, 4.69) is 52.2 Å². The van der Waals surface area contributed by atoms with Crippen molar-refractivity contribution < 1.29 is 0 Å². The summed E-state index contributed by atoms with van der Waals surface area (Å²) < 4.78 is 1.85. The molecule has 3 heterocycles. The van der Waals surface area contributed by atoms with Gasteiger partial charge in [-0.2, -0.15) is 5.10 Å². The fourth-order valence-corrected chi connectivity index (χ4v) is 3.50. The minimum Gasteiger partial charge on any atom is -0.364 e. The predicted octanol–water partition coefficient (Wildman–Crippen LogP) is 3.23. The maximum Gasteiger partial charge on any atom is 0.157 e. The van der Waals surface area contributed by atoms with Crippen LogP contribution >= 0.6 is 0 Å². The second-order valence-electron chi connectivity index (χ2n) is 6.23.